The van der Waals surface area contributed by atoms with E-state index in [1.807, 2.05) is 4.57 Å². The third kappa shape index (κ3) is 5.70. The number of rotatable bonds is 10. The van der Waals surface area contributed by atoms with Crippen molar-refractivity contribution in [2.75, 3.05) is 13.1 Å². The molecule has 3 rings (SSSR count). The van der Waals surface area contributed by atoms with Crippen molar-refractivity contribution in [3.63, 3.8) is 0 Å². The summed E-state index contributed by atoms with van der Waals surface area (Å²) < 4.78 is 3.18. The van der Waals surface area contributed by atoms with Crippen LogP contribution in [0.15, 0.2) is 23.0 Å². The van der Waals surface area contributed by atoms with Crippen LogP contribution in [0.4, 0.5) is 0 Å². The number of unbranched alkanes of at least 4 members (excludes halogenated alkanes) is 3. The van der Waals surface area contributed by atoms with Crippen LogP contribution < -0.4 is 4.87 Å². The van der Waals surface area contributed by atoms with Crippen molar-refractivity contribution in [2.24, 2.45) is 0 Å². The summed E-state index contributed by atoms with van der Waals surface area (Å²) in [5.41, 5.74) is 2.48. The number of fused-ring (bicyclic) bond motifs is 1. The molecule has 0 aliphatic carbocycles. The Kier molecular flexibility index (Phi) is 8.60. The molecule has 0 bridgehead atoms. The van der Waals surface area contributed by atoms with Crippen molar-refractivity contribution >= 4 is 21.6 Å². The minimum absolute atomic E-state index is 0.206. The molecule has 0 N–H and O–H groups in total. The van der Waals surface area contributed by atoms with Crippen LogP contribution in [0.5, 0.6) is 0 Å². The lowest BCUT2D eigenvalue weighted by Gasteiger charge is -2.30. The molecule has 1 atom stereocenters. The summed E-state index contributed by atoms with van der Waals surface area (Å²) in [6, 6.07) is 7.32. The fourth-order valence-corrected chi connectivity index (χ4v) is 5.64. The third-order valence-corrected chi connectivity index (χ3v) is 7.21. The predicted molar refractivity (Wildman–Crippen MR) is 123 cm³/mol. The first-order chi connectivity index (χ1) is 13.7. The van der Waals surface area contributed by atoms with Crippen LogP contribution in [0.1, 0.15) is 83.6 Å². The molecule has 3 nitrogen and oxygen atoms in total. The zero-order valence-corrected chi connectivity index (χ0v) is 18.7. The highest BCUT2D eigenvalue weighted by molar-refractivity contribution is 7.16. The first-order valence-electron chi connectivity index (χ1n) is 11.6. The van der Waals surface area contributed by atoms with Crippen LogP contribution in [-0.2, 0) is 13.0 Å². The van der Waals surface area contributed by atoms with Crippen molar-refractivity contribution in [2.45, 2.75) is 97.1 Å². The van der Waals surface area contributed by atoms with E-state index in [0.29, 0.717) is 0 Å². The van der Waals surface area contributed by atoms with Gasteiger partial charge in [-0.1, -0.05) is 76.2 Å². The average Bonchev–Trinajstić information content (AvgIpc) is 2.85. The Morgan fingerprint density at radius 2 is 1.93 bits per heavy atom. The summed E-state index contributed by atoms with van der Waals surface area (Å²) in [6.07, 6.45) is 14.4. The van der Waals surface area contributed by atoms with E-state index >= 15 is 0 Å². The van der Waals surface area contributed by atoms with Crippen molar-refractivity contribution < 1.29 is 0 Å². The SMILES string of the molecule is CCCCCCC1CCCCCN1CCn1c(=O)sc2cc(CCC)ccc21. The van der Waals surface area contributed by atoms with E-state index < -0.39 is 0 Å². The van der Waals surface area contributed by atoms with E-state index in [1.165, 1.54) is 81.2 Å². The average molecular weight is 403 g/mol. The molecular formula is C24H38N2OS. The number of nitrogens with zero attached hydrogens (tertiary/aromatic N) is 2. The number of aryl methyl sites for hydroxylation is 1. The van der Waals surface area contributed by atoms with E-state index in [0.717, 1.165) is 42.2 Å². The molecule has 2 heterocycles. The topological polar surface area (TPSA) is 25.2 Å². The van der Waals surface area contributed by atoms with Gasteiger partial charge in [-0.05, 0) is 49.9 Å². The molecule has 1 aliphatic rings. The second kappa shape index (κ2) is 11.2. The second-order valence-corrected chi connectivity index (χ2v) is 9.45. The summed E-state index contributed by atoms with van der Waals surface area (Å²) in [6.45, 7) is 7.54. The van der Waals surface area contributed by atoms with Gasteiger partial charge in [0.15, 0.2) is 0 Å². The van der Waals surface area contributed by atoms with Crippen LogP contribution in [0.25, 0.3) is 10.2 Å². The van der Waals surface area contributed by atoms with Crippen LogP contribution in [0.3, 0.4) is 0 Å². The molecule has 1 fully saturated rings. The summed E-state index contributed by atoms with van der Waals surface area (Å²) in [4.78, 5) is 15.5. The molecule has 0 amide bonds. The third-order valence-electron chi connectivity index (χ3n) is 6.27. The molecule has 0 radical (unpaired) electrons. The number of hydrogen-bond acceptors (Lipinski definition) is 3. The molecular weight excluding hydrogens is 364 g/mol. The van der Waals surface area contributed by atoms with Crippen molar-refractivity contribution in [3.05, 3.63) is 33.4 Å². The van der Waals surface area contributed by atoms with Crippen LogP contribution in [0, 0.1) is 0 Å². The number of hydrogen-bond donors (Lipinski definition) is 0. The molecule has 1 aromatic heterocycles. The van der Waals surface area contributed by atoms with E-state index in [1.54, 1.807) is 0 Å². The summed E-state index contributed by atoms with van der Waals surface area (Å²) in [5, 5.41) is 0. The Morgan fingerprint density at radius 1 is 1.04 bits per heavy atom. The lowest BCUT2D eigenvalue weighted by Crippen LogP contribution is -2.38. The van der Waals surface area contributed by atoms with Crippen molar-refractivity contribution in [3.8, 4) is 0 Å². The minimum atomic E-state index is 0.206. The molecule has 1 saturated heterocycles. The lowest BCUT2D eigenvalue weighted by molar-refractivity contribution is 0.180. The Labute approximate surface area is 174 Å². The zero-order valence-electron chi connectivity index (χ0n) is 17.9. The Bertz CT molecular complexity index is 778. The number of thiazole rings is 1. The minimum Gasteiger partial charge on any atom is -0.299 e. The van der Waals surface area contributed by atoms with Gasteiger partial charge in [0, 0.05) is 19.1 Å². The normalized spacial score (nSPS) is 18.6. The first kappa shape index (κ1) is 21.6. The van der Waals surface area contributed by atoms with Gasteiger partial charge in [-0.15, -0.1) is 0 Å². The highest BCUT2D eigenvalue weighted by Gasteiger charge is 2.21. The van der Waals surface area contributed by atoms with E-state index in [9.17, 15) is 4.79 Å². The molecule has 156 valence electrons. The smallest absolute Gasteiger partial charge is 0.299 e. The molecule has 1 unspecified atom stereocenters. The number of aromatic nitrogens is 1. The first-order valence-corrected chi connectivity index (χ1v) is 12.4. The molecule has 1 aromatic carbocycles. The number of likely N-dealkylation sites (tertiary alicyclic amines) is 1. The van der Waals surface area contributed by atoms with Crippen molar-refractivity contribution in [1.29, 1.82) is 0 Å². The second-order valence-electron chi connectivity index (χ2n) is 8.46. The zero-order chi connectivity index (χ0) is 19.8. The summed E-state index contributed by atoms with van der Waals surface area (Å²) >= 11 is 1.42. The molecule has 0 spiro atoms. The maximum Gasteiger partial charge on any atom is 0.308 e. The highest BCUT2D eigenvalue weighted by atomic mass is 32.1. The molecule has 2 aromatic rings. The fourth-order valence-electron chi connectivity index (χ4n) is 4.66. The number of benzene rings is 1. The van der Waals surface area contributed by atoms with Gasteiger partial charge in [-0.3, -0.25) is 14.3 Å². The van der Waals surface area contributed by atoms with E-state index in [2.05, 4.69) is 36.9 Å². The van der Waals surface area contributed by atoms with Gasteiger partial charge in [0.05, 0.1) is 10.2 Å². The Hall–Kier alpha value is -1.13. The monoisotopic (exact) mass is 402 g/mol. The Morgan fingerprint density at radius 3 is 2.75 bits per heavy atom. The Balaban J connectivity index is 1.66. The molecule has 28 heavy (non-hydrogen) atoms. The van der Waals surface area contributed by atoms with Crippen LogP contribution in [0.2, 0.25) is 0 Å². The van der Waals surface area contributed by atoms with Gasteiger partial charge in [-0.2, -0.15) is 0 Å². The molecule has 0 saturated carbocycles. The largest absolute Gasteiger partial charge is 0.308 e. The van der Waals surface area contributed by atoms with Gasteiger partial charge < -0.3 is 0 Å². The predicted octanol–water partition coefficient (Wildman–Crippen LogP) is 6.23. The van der Waals surface area contributed by atoms with Gasteiger partial charge in [0.2, 0.25) is 0 Å². The van der Waals surface area contributed by atoms with Gasteiger partial charge >= 0.3 is 4.87 Å². The lowest BCUT2D eigenvalue weighted by atomic mass is 10.0. The highest BCUT2D eigenvalue weighted by Crippen LogP contribution is 2.23. The van der Waals surface area contributed by atoms with Gasteiger partial charge in [0.1, 0.15) is 0 Å². The molecule has 1 aliphatic heterocycles. The van der Waals surface area contributed by atoms with Crippen LogP contribution >= 0.6 is 11.3 Å². The van der Waals surface area contributed by atoms with Gasteiger partial charge in [-0.25, -0.2) is 0 Å². The van der Waals surface area contributed by atoms with Crippen LogP contribution in [-0.4, -0.2) is 28.6 Å². The standard InChI is InChI=1S/C24H38N2OS/c1-3-5-6-8-12-21-13-9-7-10-16-25(21)17-18-26-22-15-14-20(11-4-2)19-23(22)28-24(26)27/h14-15,19,21H,3-13,16-18H2,1-2H3. The summed E-state index contributed by atoms with van der Waals surface area (Å²) in [7, 11) is 0. The van der Waals surface area contributed by atoms with E-state index in [-0.39, 0.29) is 4.87 Å². The fraction of sp³-hybridized carbons (Fsp3) is 0.708. The maximum absolute atomic E-state index is 12.6. The molecule has 4 heteroatoms. The van der Waals surface area contributed by atoms with Gasteiger partial charge in [0.25, 0.3) is 0 Å². The maximum atomic E-state index is 12.6. The summed E-state index contributed by atoms with van der Waals surface area (Å²) in [5.74, 6) is 0. The van der Waals surface area contributed by atoms with Crippen molar-refractivity contribution in [1.82, 2.24) is 9.47 Å². The quantitative estimate of drug-likeness (QED) is 0.440. The van der Waals surface area contributed by atoms with E-state index in [4.69, 9.17) is 0 Å².